The van der Waals surface area contributed by atoms with Crippen molar-refractivity contribution in [1.29, 1.82) is 0 Å². The van der Waals surface area contributed by atoms with E-state index in [1.54, 1.807) is 17.4 Å². The molecular formula is C18H22N2O2S. The number of hydrogen-bond donors (Lipinski definition) is 0. The molecule has 1 aromatic rings. The molecule has 0 saturated heterocycles. The van der Waals surface area contributed by atoms with E-state index < -0.39 is 5.97 Å². The van der Waals surface area contributed by atoms with E-state index in [4.69, 9.17) is 4.84 Å². The maximum atomic E-state index is 11.7. The fourth-order valence-electron chi connectivity index (χ4n) is 2.01. The molecule has 0 saturated carbocycles. The molecule has 0 amide bonds. The maximum absolute atomic E-state index is 11.7. The van der Waals surface area contributed by atoms with E-state index in [2.05, 4.69) is 22.2 Å². The number of carbonyl (C=O) groups is 1. The number of oxime groups is 1. The molecule has 0 fully saturated rings. The topological polar surface area (TPSA) is 41.9 Å². The van der Waals surface area contributed by atoms with Crippen molar-refractivity contribution in [1.82, 2.24) is 0 Å². The van der Waals surface area contributed by atoms with Crippen LogP contribution in [0.2, 0.25) is 0 Å². The zero-order valence-corrected chi connectivity index (χ0v) is 15.0. The number of nitrogens with zero attached hydrogens (tertiary/aromatic N) is 2. The lowest BCUT2D eigenvalue weighted by Crippen LogP contribution is -2.21. The molecule has 0 bridgehead atoms. The van der Waals surface area contributed by atoms with Gasteiger partial charge in [-0.05, 0) is 24.3 Å². The molecule has 1 aliphatic rings. The summed E-state index contributed by atoms with van der Waals surface area (Å²) in [6, 6.07) is 4.18. The summed E-state index contributed by atoms with van der Waals surface area (Å²) in [6.45, 7) is 6.01. The van der Waals surface area contributed by atoms with Gasteiger partial charge in [-0.2, -0.15) is 0 Å². The molecule has 4 nitrogen and oxygen atoms in total. The van der Waals surface area contributed by atoms with E-state index in [0.717, 1.165) is 0 Å². The normalized spacial score (nSPS) is 17.3. The lowest BCUT2D eigenvalue weighted by molar-refractivity contribution is -0.136. The number of hydrogen-bond acceptors (Lipinski definition) is 5. The van der Waals surface area contributed by atoms with Gasteiger partial charge in [-0.25, -0.2) is 4.79 Å². The fourth-order valence-corrected chi connectivity index (χ4v) is 2.85. The predicted molar refractivity (Wildman–Crippen MR) is 97.9 cm³/mol. The lowest BCUT2D eigenvalue weighted by Gasteiger charge is -2.16. The van der Waals surface area contributed by atoms with Crippen LogP contribution in [0, 0.1) is 5.41 Å². The Bertz CT molecular complexity index is 701. The highest BCUT2D eigenvalue weighted by atomic mass is 32.1. The molecule has 2 rings (SSSR count). The molecule has 0 aliphatic carbocycles. The van der Waals surface area contributed by atoms with Crippen LogP contribution in [0.25, 0.3) is 6.08 Å². The molecule has 23 heavy (non-hydrogen) atoms. The molecule has 2 heterocycles. The van der Waals surface area contributed by atoms with Gasteiger partial charge in [0.2, 0.25) is 0 Å². The highest BCUT2D eigenvalue weighted by Gasteiger charge is 2.33. The summed E-state index contributed by atoms with van der Waals surface area (Å²) >= 11 is 1.73. The quantitative estimate of drug-likeness (QED) is 0.470. The molecule has 0 unspecified atom stereocenters. The van der Waals surface area contributed by atoms with Crippen LogP contribution in [-0.2, 0) is 9.63 Å². The molecule has 0 atom stereocenters. The van der Waals surface area contributed by atoms with E-state index in [1.807, 2.05) is 59.2 Å². The second-order valence-electron chi connectivity index (χ2n) is 6.46. The van der Waals surface area contributed by atoms with Crippen molar-refractivity contribution in [3.05, 3.63) is 46.9 Å². The zero-order chi connectivity index (χ0) is 17.0. The summed E-state index contributed by atoms with van der Waals surface area (Å²) in [7, 11) is 4.06. The van der Waals surface area contributed by atoms with E-state index in [-0.39, 0.29) is 5.41 Å². The molecule has 0 radical (unpaired) electrons. The SMILES string of the molecule is CN(C)c1ccc(/C=C/C=C/C=C2\C(=O)ON=C2C(C)(C)C)s1. The van der Waals surface area contributed by atoms with E-state index in [9.17, 15) is 4.79 Å². The fraction of sp³-hybridized carbons (Fsp3) is 0.333. The monoisotopic (exact) mass is 330 g/mol. The number of allylic oxidation sites excluding steroid dienone is 4. The first kappa shape index (κ1) is 17.2. The number of anilines is 1. The molecule has 1 aromatic heterocycles. The van der Waals surface area contributed by atoms with Gasteiger partial charge in [-0.3, -0.25) is 0 Å². The van der Waals surface area contributed by atoms with Gasteiger partial charge in [0, 0.05) is 24.4 Å². The third kappa shape index (κ3) is 4.42. The van der Waals surface area contributed by atoms with Gasteiger partial charge in [-0.1, -0.05) is 44.2 Å². The average molecular weight is 330 g/mol. The van der Waals surface area contributed by atoms with Crippen LogP contribution < -0.4 is 4.90 Å². The second kappa shape index (κ2) is 6.96. The molecule has 0 N–H and O–H groups in total. The Labute approximate surface area is 141 Å². The predicted octanol–water partition coefficient (Wildman–Crippen LogP) is 4.27. The number of rotatable bonds is 4. The van der Waals surface area contributed by atoms with E-state index in [1.165, 1.54) is 9.88 Å². The van der Waals surface area contributed by atoms with Crippen LogP contribution in [0.1, 0.15) is 25.6 Å². The third-order valence-corrected chi connectivity index (χ3v) is 4.42. The van der Waals surface area contributed by atoms with Gasteiger partial charge in [0.25, 0.3) is 0 Å². The first-order valence-corrected chi connectivity index (χ1v) is 8.23. The largest absolute Gasteiger partial charge is 0.370 e. The van der Waals surface area contributed by atoms with Crippen molar-refractivity contribution in [2.45, 2.75) is 20.8 Å². The van der Waals surface area contributed by atoms with Crippen LogP contribution >= 0.6 is 11.3 Å². The van der Waals surface area contributed by atoms with Gasteiger partial charge in [-0.15, -0.1) is 11.3 Å². The van der Waals surface area contributed by atoms with Gasteiger partial charge in [0.15, 0.2) is 0 Å². The number of thiophene rings is 1. The molecular weight excluding hydrogens is 308 g/mol. The van der Waals surface area contributed by atoms with Crippen LogP contribution in [0.3, 0.4) is 0 Å². The standard InChI is InChI=1S/C18H22N2O2S/c1-18(2,3)16-14(17(21)22-19-16)10-8-6-7-9-13-11-12-15(23-13)20(4)5/h6-12H,1-5H3/b8-6+,9-7+,14-10-. The first-order valence-electron chi connectivity index (χ1n) is 7.41. The first-order chi connectivity index (χ1) is 10.8. The zero-order valence-electron chi connectivity index (χ0n) is 14.2. The molecule has 0 spiro atoms. The number of carbonyl (C=O) groups excluding carboxylic acids is 1. The summed E-state index contributed by atoms with van der Waals surface area (Å²) in [5.41, 5.74) is 0.986. The van der Waals surface area contributed by atoms with Crippen LogP contribution in [0.15, 0.2) is 47.2 Å². The summed E-state index contributed by atoms with van der Waals surface area (Å²) in [5.74, 6) is -0.391. The Kier molecular flexibility index (Phi) is 5.21. The summed E-state index contributed by atoms with van der Waals surface area (Å²) in [5, 5.41) is 5.10. The van der Waals surface area contributed by atoms with Crippen LogP contribution in [0.5, 0.6) is 0 Å². The summed E-state index contributed by atoms with van der Waals surface area (Å²) in [4.78, 5) is 19.8. The smallest absolute Gasteiger partial charge is 0.367 e. The van der Waals surface area contributed by atoms with Gasteiger partial charge in [0.05, 0.1) is 10.6 Å². The molecule has 5 heteroatoms. The van der Waals surface area contributed by atoms with E-state index in [0.29, 0.717) is 11.3 Å². The Morgan fingerprint density at radius 1 is 1.17 bits per heavy atom. The van der Waals surface area contributed by atoms with Crippen molar-refractivity contribution < 1.29 is 9.63 Å². The van der Waals surface area contributed by atoms with Gasteiger partial charge in [0.1, 0.15) is 5.71 Å². The van der Waals surface area contributed by atoms with Crippen molar-refractivity contribution in [2.75, 3.05) is 19.0 Å². The lowest BCUT2D eigenvalue weighted by atomic mass is 9.85. The highest BCUT2D eigenvalue weighted by Crippen LogP contribution is 2.27. The van der Waals surface area contributed by atoms with Crippen molar-refractivity contribution in [3.63, 3.8) is 0 Å². The third-order valence-electron chi connectivity index (χ3n) is 3.20. The Morgan fingerprint density at radius 2 is 1.91 bits per heavy atom. The minimum absolute atomic E-state index is 0.221. The minimum atomic E-state index is -0.391. The minimum Gasteiger partial charge on any atom is -0.370 e. The second-order valence-corrected chi connectivity index (χ2v) is 7.56. The van der Waals surface area contributed by atoms with Crippen LogP contribution in [-0.4, -0.2) is 25.8 Å². The Morgan fingerprint density at radius 3 is 2.52 bits per heavy atom. The van der Waals surface area contributed by atoms with Crippen molar-refractivity contribution in [2.24, 2.45) is 10.6 Å². The Hall–Kier alpha value is -2.14. The van der Waals surface area contributed by atoms with Gasteiger partial charge >= 0.3 is 5.97 Å². The average Bonchev–Trinajstić information content (AvgIpc) is 3.05. The maximum Gasteiger partial charge on any atom is 0.367 e. The summed E-state index contributed by atoms with van der Waals surface area (Å²) in [6.07, 6.45) is 9.48. The van der Waals surface area contributed by atoms with Gasteiger partial charge < -0.3 is 9.74 Å². The van der Waals surface area contributed by atoms with Crippen molar-refractivity contribution in [3.8, 4) is 0 Å². The molecule has 122 valence electrons. The highest BCUT2D eigenvalue weighted by molar-refractivity contribution is 7.16. The van der Waals surface area contributed by atoms with Crippen molar-refractivity contribution >= 4 is 34.1 Å². The molecule has 0 aromatic carbocycles. The van der Waals surface area contributed by atoms with Crippen LogP contribution in [0.4, 0.5) is 5.00 Å². The molecule has 1 aliphatic heterocycles. The Balaban J connectivity index is 2.04. The van der Waals surface area contributed by atoms with E-state index >= 15 is 0 Å². The summed E-state index contributed by atoms with van der Waals surface area (Å²) < 4.78 is 0.